The molecule has 1 fully saturated rings. The Morgan fingerprint density at radius 2 is 1.88 bits per heavy atom. The molecule has 0 aliphatic heterocycles. The van der Waals surface area contributed by atoms with Crippen LogP contribution in [0.5, 0.6) is 5.75 Å². The Bertz CT molecular complexity index is 700. The van der Waals surface area contributed by atoms with Gasteiger partial charge in [-0.15, -0.1) is 0 Å². The second-order valence-electron chi connectivity index (χ2n) is 5.71. The molecule has 25 heavy (non-hydrogen) atoms. The second-order valence-corrected chi connectivity index (χ2v) is 5.71. The van der Waals surface area contributed by atoms with E-state index in [0.717, 1.165) is 37.1 Å². The summed E-state index contributed by atoms with van der Waals surface area (Å²) in [6, 6.07) is 7.39. The molecule has 8 nitrogen and oxygen atoms in total. The van der Waals surface area contributed by atoms with Crippen molar-refractivity contribution in [2.45, 2.75) is 25.7 Å². The SMILES string of the molecule is COc1ccc(Nc2nc(N)ncc2N)cc1.O=C(O)C1CCCC1. The molecule has 8 heteroatoms. The van der Waals surface area contributed by atoms with E-state index in [-0.39, 0.29) is 11.9 Å². The van der Waals surface area contributed by atoms with Crippen LogP contribution in [0.4, 0.5) is 23.1 Å². The van der Waals surface area contributed by atoms with Crippen LogP contribution in [-0.2, 0) is 4.79 Å². The number of nitrogen functional groups attached to an aromatic ring is 2. The van der Waals surface area contributed by atoms with Crippen molar-refractivity contribution in [3.8, 4) is 5.75 Å². The first-order valence-electron chi connectivity index (χ1n) is 8.01. The molecule has 1 saturated carbocycles. The van der Waals surface area contributed by atoms with Gasteiger partial charge in [-0.25, -0.2) is 4.98 Å². The summed E-state index contributed by atoms with van der Waals surface area (Å²) in [6.07, 6.45) is 5.48. The number of hydrogen-bond donors (Lipinski definition) is 4. The van der Waals surface area contributed by atoms with Crippen LogP contribution >= 0.6 is 0 Å². The van der Waals surface area contributed by atoms with Gasteiger partial charge in [-0.1, -0.05) is 12.8 Å². The van der Waals surface area contributed by atoms with Crippen LogP contribution in [0.25, 0.3) is 0 Å². The Balaban J connectivity index is 0.000000236. The first-order chi connectivity index (χ1) is 12.0. The summed E-state index contributed by atoms with van der Waals surface area (Å²) in [6.45, 7) is 0. The van der Waals surface area contributed by atoms with Crippen LogP contribution in [0, 0.1) is 5.92 Å². The van der Waals surface area contributed by atoms with Crippen molar-refractivity contribution in [1.29, 1.82) is 0 Å². The average Bonchev–Trinajstić information content (AvgIpc) is 3.14. The van der Waals surface area contributed by atoms with Gasteiger partial charge in [-0.2, -0.15) is 4.98 Å². The quantitative estimate of drug-likeness (QED) is 0.664. The lowest BCUT2D eigenvalue weighted by Crippen LogP contribution is -2.07. The van der Waals surface area contributed by atoms with E-state index >= 15 is 0 Å². The summed E-state index contributed by atoms with van der Waals surface area (Å²) in [5, 5.41) is 11.5. The van der Waals surface area contributed by atoms with Crippen molar-refractivity contribution >= 4 is 29.1 Å². The van der Waals surface area contributed by atoms with Crippen molar-refractivity contribution in [2.75, 3.05) is 23.9 Å². The molecule has 0 bridgehead atoms. The van der Waals surface area contributed by atoms with Gasteiger partial charge in [0.1, 0.15) is 5.75 Å². The van der Waals surface area contributed by atoms with Gasteiger partial charge in [0.2, 0.25) is 5.95 Å². The molecule has 0 saturated heterocycles. The van der Waals surface area contributed by atoms with Crippen LogP contribution in [0.3, 0.4) is 0 Å². The minimum absolute atomic E-state index is 0.0185. The van der Waals surface area contributed by atoms with Crippen LogP contribution in [-0.4, -0.2) is 28.2 Å². The molecule has 0 radical (unpaired) electrons. The van der Waals surface area contributed by atoms with E-state index in [4.69, 9.17) is 21.3 Å². The van der Waals surface area contributed by atoms with Gasteiger partial charge in [0.05, 0.1) is 24.9 Å². The fraction of sp³-hybridized carbons (Fsp3) is 0.353. The summed E-state index contributed by atoms with van der Waals surface area (Å²) < 4.78 is 5.06. The Morgan fingerprint density at radius 3 is 2.40 bits per heavy atom. The average molecular weight is 345 g/mol. The standard InChI is InChI=1S/C11H13N5O.C6H10O2/c1-17-8-4-2-7(3-5-8)15-10-9(12)6-14-11(13)16-10;7-6(8)5-3-1-2-4-5/h2-6H,12H2,1H3,(H3,13,14,15,16);5H,1-4H2,(H,7,8). The fourth-order valence-electron chi connectivity index (χ4n) is 2.49. The molecular weight excluding hydrogens is 322 g/mol. The Labute approximate surface area is 146 Å². The van der Waals surface area contributed by atoms with Gasteiger partial charge in [0.25, 0.3) is 0 Å². The molecule has 1 heterocycles. The van der Waals surface area contributed by atoms with E-state index in [2.05, 4.69) is 15.3 Å². The zero-order chi connectivity index (χ0) is 18.2. The van der Waals surface area contributed by atoms with Gasteiger partial charge in [0.15, 0.2) is 5.82 Å². The third kappa shape index (κ3) is 5.52. The third-order valence-electron chi connectivity index (χ3n) is 3.89. The number of nitrogens with one attached hydrogen (secondary N) is 1. The van der Waals surface area contributed by atoms with E-state index in [1.54, 1.807) is 7.11 Å². The van der Waals surface area contributed by atoms with Crippen molar-refractivity contribution in [1.82, 2.24) is 9.97 Å². The summed E-state index contributed by atoms with van der Waals surface area (Å²) in [5.74, 6) is 0.820. The van der Waals surface area contributed by atoms with Crippen LogP contribution in [0.15, 0.2) is 30.5 Å². The van der Waals surface area contributed by atoms with Crippen molar-refractivity contribution in [3.63, 3.8) is 0 Å². The highest BCUT2D eigenvalue weighted by Crippen LogP contribution is 2.24. The molecule has 1 aliphatic rings. The Kier molecular flexibility index (Phi) is 6.39. The number of carbonyl (C=O) groups is 1. The number of rotatable bonds is 4. The minimum atomic E-state index is -0.609. The Morgan fingerprint density at radius 1 is 1.24 bits per heavy atom. The predicted octanol–water partition coefficient (Wildman–Crippen LogP) is 2.65. The number of carboxylic acid groups (broad SMARTS) is 1. The second kappa shape index (κ2) is 8.72. The maximum Gasteiger partial charge on any atom is 0.306 e. The van der Waals surface area contributed by atoms with Crippen molar-refractivity contribution in [2.24, 2.45) is 5.92 Å². The maximum atomic E-state index is 10.2. The molecule has 1 aromatic carbocycles. The molecule has 0 unspecified atom stereocenters. The minimum Gasteiger partial charge on any atom is -0.497 e. The lowest BCUT2D eigenvalue weighted by Gasteiger charge is -2.08. The number of hydrogen-bond acceptors (Lipinski definition) is 7. The number of aliphatic carboxylic acids is 1. The molecule has 3 rings (SSSR count). The van der Waals surface area contributed by atoms with E-state index in [1.807, 2.05) is 24.3 Å². The van der Waals surface area contributed by atoms with Crippen molar-refractivity contribution in [3.05, 3.63) is 30.5 Å². The zero-order valence-electron chi connectivity index (χ0n) is 14.1. The van der Waals surface area contributed by atoms with Gasteiger partial charge in [-0.3, -0.25) is 4.79 Å². The van der Waals surface area contributed by atoms with E-state index < -0.39 is 5.97 Å². The molecule has 0 atom stereocenters. The topological polar surface area (TPSA) is 136 Å². The lowest BCUT2D eigenvalue weighted by molar-refractivity contribution is -0.141. The van der Waals surface area contributed by atoms with Gasteiger partial charge < -0.3 is 26.6 Å². The number of nitrogens with two attached hydrogens (primary N) is 2. The number of ether oxygens (including phenoxy) is 1. The largest absolute Gasteiger partial charge is 0.497 e. The summed E-state index contributed by atoms with van der Waals surface area (Å²) in [5.41, 5.74) is 12.5. The van der Waals surface area contributed by atoms with E-state index in [0.29, 0.717) is 11.5 Å². The molecule has 0 amide bonds. The predicted molar refractivity (Wildman–Crippen MR) is 96.7 cm³/mol. The zero-order valence-corrected chi connectivity index (χ0v) is 14.1. The smallest absolute Gasteiger partial charge is 0.306 e. The number of carboxylic acids is 1. The number of benzene rings is 1. The lowest BCUT2D eigenvalue weighted by atomic mass is 10.1. The Hall–Kier alpha value is -3.03. The van der Waals surface area contributed by atoms with Crippen LogP contribution < -0.4 is 21.5 Å². The molecule has 134 valence electrons. The highest BCUT2D eigenvalue weighted by atomic mass is 16.5. The summed E-state index contributed by atoms with van der Waals surface area (Å²) >= 11 is 0. The van der Waals surface area contributed by atoms with Gasteiger partial charge >= 0.3 is 5.97 Å². The molecular formula is C17H23N5O3. The van der Waals surface area contributed by atoms with Gasteiger partial charge in [0, 0.05) is 5.69 Å². The number of anilines is 4. The first kappa shape index (κ1) is 18.3. The normalized spacial score (nSPS) is 13.6. The highest BCUT2D eigenvalue weighted by Gasteiger charge is 2.21. The highest BCUT2D eigenvalue weighted by molar-refractivity contribution is 5.70. The van der Waals surface area contributed by atoms with Gasteiger partial charge in [-0.05, 0) is 37.1 Å². The van der Waals surface area contributed by atoms with E-state index in [9.17, 15) is 4.79 Å². The maximum absolute atomic E-state index is 10.2. The summed E-state index contributed by atoms with van der Waals surface area (Å²) in [7, 11) is 1.62. The number of nitrogens with zero attached hydrogens (tertiary/aromatic N) is 2. The van der Waals surface area contributed by atoms with Crippen molar-refractivity contribution < 1.29 is 14.6 Å². The van der Waals surface area contributed by atoms with Crippen LogP contribution in [0.2, 0.25) is 0 Å². The first-order valence-corrected chi connectivity index (χ1v) is 8.01. The number of aromatic nitrogens is 2. The molecule has 6 N–H and O–H groups in total. The van der Waals surface area contributed by atoms with Crippen LogP contribution in [0.1, 0.15) is 25.7 Å². The van der Waals surface area contributed by atoms with E-state index in [1.165, 1.54) is 6.20 Å². The number of methoxy groups -OCH3 is 1. The third-order valence-corrected chi connectivity index (χ3v) is 3.89. The summed E-state index contributed by atoms with van der Waals surface area (Å²) in [4.78, 5) is 18.0. The molecule has 1 aromatic heterocycles. The molecule has 1 aliphatic carbocycles. The molecule has 0 spiro atoms. The fourth-order valence-corrected chi connectivity index (χ4v) is 2.49. The molecule has 2 aromatic rings. The monoisotopic (exact) mass is 345 g/mol.